The van der Waals surface area contributed by atoms with Gasteiger partial charge < -0.3 is 20.5 Å². The van der Waals surface area contributed by atoms with Crippen molar-refractivity contribution in [2.24, 2.45) is 5.41 Å². The van der Waals surface area contributed by atoms with Gasteiger partial charge in [-0.15, -0.1) is 0 Å². The van der Waals surface area contributed by atoms with Crippen molar-refractivity contribution in [1.29, 1.82) is 0 Å². The highest BCUT2D eigenvalue weighted by atomic mass is 16.5. The summed E-state index contributed by atoms with van der Waals surface area (Å²) in [5.74, 6) is 0. The SMILES string of the molecule is CC(C)(CCCO)CNC1CC(NC(=O)OCc2ccccc2)C1. The molecule has 134 valence electrons. The Morgan fingerprint density at radius 3 is 2.62 bits per heavy atom. The average Bonchev–Trinajstić information content (AvgIpc) is 2.54. The van der Waals surface area contributed by atoms with Crippen LogP contribution in [0.5, 0.6) is 0 Å². The zero-order valence-corrected chi connectivity index (χ0v) is 14.8. The fraction of sp³-hybridized carbons (Fsp3) is 0.632. The van der Waals surface area contributed by atoms with E-state index in [-0.39, 0.29) is 24.2 Å². The van der Waals surface area contributed by atoms with E-state index in [0.717, 1.165) is 37.8 Å². The standard InChI is InChI=1S/C19H30N2O3/c1-19(2,9-6-10-22)14-20-16-11-17(12-16)21-18(23)24-13-15-7-4-3-5-8-15/h3-5,7-8,16-17,20,22H,6,9-14H2,1-2H3,(H,21,23). The van der Waals surface area contributed by atoms with Crippen LogP contribution in [0.1, 0.15) is 45.1 Å². The summed E-state index contributed by atoms with van der Waals surface area (Å²) < 4.78 is 5.23. The van der Waals surface area contributed by atoms with Gasteiger partial charge in [-0.1, -0.05) is 44.2 Å². The van der Waals surface area contributed by atoms with Crippen LogP contribution in [0, 0.1) is 5.41 Å². The number of hydrogen-bond donors (Lipinski definition) is 3. The number of hydrogen-bond acceptors (Lipinski definition) is 4. The van der Waals surface area contributed by atoms with Crippen LogP contribution >= 0.6 is 0 Å². The summed E-state index contributed by atoms with van der Waals surface area (Å²) in [6.07, 6.45) is 3.39. The third-order valence-corrected chi connectivity index (χ3v) is 4.55. The Bertz CT molecular complexity index is 499. The van der Waals surface area contributed by atoms with Crippen LogP contribution in [-0.4, -0.2) is 36.4 Å². The number of nitrogens with one attached hydrogen (secondary N) is 2. The predicted molar refractivity (Wildman–Crippen MR) is 94.7 cm³/mol. The van der Waals surface area contributed by atoms with Gasteiger partial charge in [0, 0.05) is 25.2 Å². The maximum absolute atomic E-state index is 11.8. The van der Waals surface area contributed by atoms with Gasteiger partial charge in [-0.25, -0.2) is 4.79 Å². The van der Waals surface area contributed by atoms with Gasteiger partial charge in [0.25, 0.3) is 0 Å². The van der Waals surface area contributed by atoms with E-state index in [1.165, 1.54) is 0 Å². The number of aliphatic hydroxyl groups excluding tert-OH is 1. The molecule has 0 bridgehead atoms. The van der Waals surface area contributed by atoms with Crippen molar-refractivity contribution >= 4 is 6.09 Å². The molecule has 0 saturated heterocycles. The monoisotopic (exact) mass is 334 g/mol. The van der Waals surface area contributed by atoms with Crippen LogP contribution in [0.4, 0.5) is 4.79 Å². The molecule has 1 amide bonds. The van der Waals surface area contributed by atoms with Crippen molar-refractivity contribution in [2.45, 2.75) is 58.2 Å². The molecule has 0 heterocycles. The minimum Gasteiger partial charge on any atom is -0.445 e. The van der Waals surface area contributed by atoms with Gasteiger partial charge in [0.15, 0.2) is 0 Å². The van der Waals surface area contributed by atoms with Gasteiger partial charge in [0.1, 0.15) is 6.61 Å². The summed E-state index contributed by atoms with van der Waals surface area (Å²) in [4.78, 5) is 11.8. The predicted octanol–water partition coefficient (Wildman–Crippen LogP) is 2.83. The fourth-order valence-electron chi connectivity index (χ4n) is 2.90. The molecule has 0 unspecified atom stereocenters. The molecule has 0 radical (unpaired) electrons. The number of benzene rings is 1. The molecule has 1 saturated carbocycles. The summed E-state index contributed by atoms with van der Waals surface area (Å²) >= 11 is 0. The first-order valence-electron chi connectivity index (χ1n) is 8.80. The van der Waals surface area contributed by atoms with Crippen molar-refractivity contribution in [3.63, 3.8) is 0 Å². The second-order valence-electron chi connectivity index (χ2n) is 7.44. The molecule has 1 aromatic rings. The molecule has 5 nitrogen and oxygen atoms in total. The Kier molecular flexibility index (Phi) is 7.06. The summed E-state index contributed by atoms with van der Waals surface area (Å²) in [5, 5.41) is 15.4. The minimum absolute atomic E-state index is 0.190. The van der Waals surface area contributed by atoms with Crippen molar-refractivity contribution in [3.8, 4) is 0 Å². The third kappa shape index (κ3) is 6.49. The lowest BCUT2D eigenvalue weighted by molar-refractivity contribution is 0.123. The Hall–Kier alpha value is -1.59. The molecular weight excluding hydrogens is 304 g/mol. The zero-order chi connectivity index (χ0) is 17.4. The lowest BCUT2D eigenvalue weighted by Crippen LogP contribution is -2.53. The van der Waals surface area contributed by atoms with Crippen molar-refractivity contribution in [3.05, 3.63) is 35.9 Å². The van der Waals surface area contributed by atoms with E-state index in [1.54, 1.807) is 0 Å². The van der Waals surface area contributed by atoms with Crippen LogP contribution in [0.25, 0.3) is 0 Å². The summed E-state index contributed by atoms with van der Waals surface area (Å²) in [5.41, 5.74) is 1.18. The Labute approximate surface area is 144 Å². The first-order valence-corrected chi connectivity index (χ1v) is 8.80. The summed E-state index contributed by atoms with van der Waals surface area (Å²) in [7, 11) is 0. The second-order valence-corrected chi connectivity index (χ2v) is 7.44. The fourth-order valence-corrected chi connectivity index (χ4v) is 2.90. The van der Waals surface area contributed by atoms with Gasteiger partial charge in [-0.3, -0.25) is 0 Å². The number of amides is 1. The molecule has 0 spiro atoms. The smallest absolute Gasteiger partial charge is 0.407 e. The number of rotatable bonds is 9. The van der Waals surface area contributed by atoms with Gasteiger partial charge in [-0.2, -0.15) is 0 Å². The third-order valence-electron chi connectivity index (χ3n) is 4.55. The molecule has 1 aliphatic rings. The lowest BCUT2D eigenvalue weighted by Gasteiger charge is -2.38. The van der Waals surface area contributed by atoms with E-state index in [2.05, 4.69) is 24.5 Å². The average molecular weight is 334 g/mol. The highest BCUT2D eigenvalue weighted by Gasteiger charge is 2.31. The molecule has 24 heavy (non-hydrogen) atoms. The molecule has 3 N–H and O–H groups in total. The molecule has 1 aromatic carbocycles. The maximum atomic E-state index is 11.8. The molecule has 5 heteroatoms. The van der Waals surface area contributed by atoms with Crippen molar-refractivity contribution in [1.82, 2.24) is 10.6 Å². The quantitative estimate of drug-likeness (QED) is 0.649. The Morgan fingerprint density at radius 2 is 1.96 bits per heavy atom. The number of alkyl carbamates (subject to hydrolysis) is 1. The topological polar surface area (TPSA) is 70.6 Å². The maximum Gasteiger partial charge on any atom is 0.407 e. The largest absolute Gasteiger partial charge is 0.445 e. The van der Waals surface area contributed by atoms with Crippen LogP contribution in [0.3, 0.4) is 0 Å². The van der Waals surface area contributed by atoms with E-state index < -0.39 is 0 Å². The van der Waals surface area contributed by atoms with Crippen molar-refractivity contribution < 1.29 is 14.6 Å². The molecular formula is C19H30N2O3. The molecule has 1 aliphatic carbocycles. The first-order chi connectivity index (χ1) is 11.5. The highest BCUT2D eigenvalue weighted by Crippen LogP contribution is 2.25. The molecule has 0 aromatic heterocycles. The van der Waals surface area contributed by atoms with Crippen molar-refractivity contribution in [2.75, 3.05) is 13.2 Å². The Morgan fingerprint density at radius 1 is 1.25 bits per heavy atom. The van der Waals surface area contributed by atoms with Crippen LogP contribution in [-0.2, 0) is 11.3 Å². The normalized spacial score (nSPS) is 20.3. The zero-order valence-electron chi connectivity index (χ0n) is 14.8. The van der Waals surface area contributed by atoms with E-state index in [4.69, 9.17) is 9.84 Å². The summed E-state index contributed by atoms with van der Waals surface area (Å²) in [6, 6.07) is 10.3. The second kappa shape index (κ2) is 9.04. The molecule has 2 rings (SSSR count). The highest BCUT2D eigenvalue weighted by molar-refractivity contribution is 5.67. The van der Waals surface area contributed by atoms with E-state index >= 15 is 0 Å². The first kappa shape index (κ1) is 18.7. The van der Waals surface area contributed by atoms with E-state index in [0.29, 0.717) is 12.6 Å². The lowest BCUT2D eigenvalue weighted by atomic mass is 9.83. The van der Waals surface area contributed by atoms with Crippen LogP contribution in [0.2, 0.25) is 0 Å². The van der Waals surface area contributed by atoms with Gasteiger partial charge in [0.2, 0.25) is 0 Å². The summed E-state index contributed by atoms with van der Waals surface area (Å²) in [6.45, 7) is 5.92. The minimum atomic E-state index is -0.342. The molecule has 0 aliphatic heterocycles. The number of carbonyl (C=O) groups is 1. The van der Waals surface area contributed by atoms with Crippen LogP contribution in [0.15, 0.2) is 30.3 Å². The number of aliphatic hydroxyl groups is 1. The molecule has 0 atom stereocenters. The van der Waals surface area contributed by atoms with Gasteiger partial charge in [0.05, 0.1) is 0 Å². The van der Waals surface area contributed by atoms with Gasteiger partial charge in [-0.05, 0) is 36.7 Å². The van der Waals surface area contributed by atoms with E-state index in [9.17, 15) is 4.79 Å². The Balaban J connectivity index is 1.56. The molecule has 1 fully saturated rings. The number of ether oxygens (including phenoxy) is 1. The van der Waals surface area contributed by atoms with Crippen LogP contribution < -0.4 is 10.6 Å². The van der Waals surface area contributed by atoms with Gasteiger partial charge >= 0.3 is 6.09 Å². The number of carbonyl (C=O) groups excluding carboxylic acids is 1. The van der Waals surface area contributed by atoms with E-state index in [1.807, 2.05) is 30.3 Å².